The zero-order chi connectivity index (χ0) is 18.7. The summed E-state index contributed by atoms with van der Waals surface area (Å²) in [5.74, 6) is 0.215. The molecule has 1 heterocycles. The van der Waals surface area contributed by atoms with Gasteiger partial charge in [0.05, 0.1) is 23.2 Å². The number of benzene rings is 2. The number of carbonyl (C=O) groups is 1. The summed E-state index contributed by atoms with van der Waals surface area (Å²) in [4.78, 5) is 13.1. The van der Waals surface area contributed by atoms with Crippen molar-refractivity contribution in [2.24, 2.45) is 0 Å². The van der Waals surface area contributed by atoms with Gasteiger partial charge in [0.1, 0.15) is 5.02 Å². The second-order valence-corrected chi connectivity index (χ2v) is 6.22. The molecule has 3 rings (SSSR count). The zero-order valence-corrected chi connectivity index (χ0v) is 14.8. The number of hydrogen-bond acceptors (Lipinski definition) is 3. The first kappa shape index (κ1) is 18.0. The number of aliphatic hydroxyl groups excluding tert-OH is 1. The molecule has 0 aliphatic rings. The molecule has 2 aromatic carbocycles. The third-order valence-electron chi connectivity index (χ3n) is 3.78. The minimum atomic E-state index is -1.18. The fourth-order valence-electron chi connectivity index (χ4n) is 2.69. The van der Waals surface area contributed by atoms with Crippen molar-refractivity contribution in [1.82, 2.24) is 9.78 Å². The fourth-order valence-corrected chi connectivity index (χ4v) is 2.97. The van der Waals surface area contributed by atoms with Crippen molar-refractivity contribution in [2.45, 2.75) is 19.4 Å². The number of amides is 1. The number of aliphatic hydroxyl groups is 1. The van der Waals surface area contributed by atoms with Crippen molar-refractivity contribution in [2.75, 3.05) is 4.90 Å². The molecule has 0 aliphatic carbocycles. The van der Waals surface area contributed by atoms with Crippen LogP contribution in [-0.4, -0.2) is 32.2 Å². The lowest BCUT2D eigenvalue weighted by Gasteiger charge is -2.21. The zero-order valence-electron chi connectivity index (χ0n) is 14.1. The lowest BCUT2D eigenvalue weighted by atomic mass is 10.2. The fraction of sp³-hybridized carbons (Fsp3) is 0.158. The molecule has 0 spiro atoms. The van der Waals surface area contributed by atoms with Crippen molar-refractivity contribution in [3.63, 3.8) is 0 Å². The van der Waals surface area contributed by atoms with Gasteiger partial charge in [0.25, 0.3) is 0 Å². The van der Waals surface area contributed by atoms with Gasteiger partial charge in [-0.2, -0.15) is 5.10 Å². The Labute approximate surface area is 155 Å². The molecule has 0 unspecified atom stereocenters. The van der Waals surface area contributed by atoms with Gasteiger partial charge in [0.15, 0.2) is 5.82 Å². The summed E-state index contributed by atoms with van der Waals surface area (Å²) in [6.45, 7) is 1.63. The maximum absolute atomic E-state index is 12.0. The number of nitrogens with zero attached hydrogens (tertiary/aromatic N) is 3. The van der Waals surface area contributed by atoms with Crippen LogP contribution in [-0.2, 0) is 6.42 Å². The number of hydrogen-bond donors (Lipinski definition) is 2. The lowest BCUT2D eigenvalue weighted by molar-refractivity contribution is 0.194. The highest BCUT2D eigenvalue weighted by Gasteiger charge is 2.28. The van der Waals surface area contributed by atoms with E-state index in [9.17, 15) is 15.0 Å². The van der Waals surface area contributed by atoms with Crippen LogP contribution >= 0.6 is 11.6 Å². The third kappa shape index (κ3) is 3.56. The van der Waals surface area contributed by atoms with E-state index in [-0.39, 0.29) is 17.3 Å². The first-order chi connectivity index (χ1) is 12.5. The number of carboxylic acid groups (broad SMARTS) is 1. The molecule has 134 valence electrons. The normalized spacial score (nSPS) is 12.0. The van der Waals surface area contributed by atoms with Gasteiger partial charge in [-0.15, -0.1) is 0 Å². The number of anilines is 2. The van der Waals surface area contributed by atoms with Gasteiger partial charge in [0.2, 0.25) is 0 Å². The van der Waals surface area contributed by atoms with Crippen LogP contribution in [0.25, 0.3) is 5.69 Å². The summed E-state index contributed by atoms with van der Waals surface area (Å²) < 4.78 is 1.49. The van der Waals surface area contributed by atoms with Gasteiger partial charge in [-0.25, -0.2) is 14.4 Å². The Hall–Kier alpha value is -2.83. The topological polar surface area (TPSA) is 78.6 Å². The maximum Gasteiger partial charge on any atom is 0.417 e. The Morgan fingerprint density at radius 2 is 1.73 bits per heavy atom. The van der Waals surface area contributed by atoms with E-state index in [1.54, 1.807) is 37.3 Å². The van der Waals surface area contributed by atoms with Crippen LogP contribution < -0.4 is 4.90 Å². The number of halogens is 1. The van der Waals surface area contributed by atoms with Crippen molar-refractivity contribution in [3.05, 3.63) is 71.4 Å². The molecule has 2 N–H and O–H groups in total. The van der Waals surface area contributed by atoms with E-state index in [0.717, 1.165) is 4.90 Å². The maximum atomic E-state index is 12.0. The van der Waals surface area contributed by atoms with Gasteiger partial charge in [-0.05, 0) is 31.2 Å². The monoisotopic (exact) mass is 371 g/mol. The minimum absolute atomic E-state index is 0.195. The quantitative estimate of drug-likeness (QED) is 0.702. The number of aromatic nitrogens is 2. The van der Waals surface area contributed by atoms with Crippen LogP contribution in [0.4, 0.5) is 16.3 Å². The van der Waals surface area contributed by atoms with Gasteiger partial charge >= 0.3 is 6.09 Å². The largest absolute Gasteiger partial charge is 0.464 e. The van der Waals surface area contributed by atoms with E-state index in [2.05, 4.69) is 5.10 Å². The van der Waals surface area contributed by atoms with Gasteiger partial charge < -0.3 is 10.2 Å². The van der Waals surface area contributed by atoms with Crippen molar-refractivity contribution >= 4 is 29.2 Å². The van der Waals surface area contributed by atoms with E-state index < -0.39 is 12.2 Å². The summed E-state index contributed by atoms with van der Waals surface area (Å²) in [6.07, 6.45) is -1.62. The Balaban J connectivity index is 2.23. The smallest absolute Gasteiger partial charge is 0.417 e. The van der Waals surface area contributed by atoms with Crippen LogP contribution in [0, 0.1) is 0 Å². The molecule has 0 aliphatic heterocycles. The second-order valence-electron chi connectivity index (χ2n) is 5.84. The average molecular weight is 372 g/mol. The average Bonchev–Trinajstić information content (AvgIpc) is 2.93. The third-order valence-corrected chi connectivity index (χ3v) is 4.17. The van der Waals surface area contributed by atoms with Gasteiger partial charge in [0, 0.05) is 6.42 Å². The molecule has 0 radical (unpaired) electrons. The number of rotatable bonds is 5. The van der Waals surface area contributed by atoms with E-state index in [1.807, 2.05) is 30.3 Å². The summed E-state index contributed by atoms with van der Waals surface area (Å²) in [7, 11) is 0. The SMILES string of the molecule is C[C@H](O)Cc1nn(-c2ccccc2)c(N(C(=O)O)c2ccccc2)c1Cl. The molecule has 1 atom stereocenters. The molecule has 7 heteroatoms. The molecule has 0 fully saturated rings. The summed E-state index contributed by atoms with van der Waals surface area (Å²) in [5.41, 5.74) is 1.55. The highest BCUT2D eigenvalue weighted by Crippen LogP contribution is 2.36. The summed E-state index contributed by atoms with van der Waals surface area (Å²) in [5, 5.41) is 24.2. The van der Waals surface area contributed by atoms with E-state index in [1.165, 1.54) is 4.68 Å². The highest BCUT2D eigenvalue weighted by atomic mass is 35.5. The number of para-hydroxylation sites is 2. The van der Waals surface area contributed by atoms with Crippen LogP contribution in [0.1, 0.15) is 12.6 Å². The van der Waals surface area contributed by atoms with Crippen LogP contribution in [0.2, 0.25) is 5.02 Å². The summed E-state index contributed by atoms with van der Waals surface area (Å²) in [6, 6.07) is 17.8. The molecule has 0 saturated heterocycles. The predicted molar refractivity (Wildman–Crippen MR) is 101 cm³/mol. The molecule has 6 nitrogen and oxygen atoms in total. The Kier molecular flexibility index (Phi) is 5.25. The van der Waals surface area contributed by atoms with Crippen LogP contribution in [0.3, 0.4) is 0 Å². The van der Waals surface area contributed by atoms with Crippen molar-refractivity contribution in [1.29, 1.82) is 0 Å². The molecule has 0 bridgehead atoms. The van der Waals surface area contributed by atoms with Gasteiger partial charge in [-0.1, -0.05) is 48.0 Å². The van der Waals surface area contributed by atoms with E-state index in [0.29, 0.717) is 17.1 Å². The van der Waals surface area contributed by atoms with Crippen LogP contribution in [0.5, 0.6) is 0 Å². The van der Waals surface area contributed by atoms with E-state index in [4.69, 9.17) is 11.6 Å². The molecule has 1 aromatic heterocycles. The lowest BCUT2D eigenvalue weighted by Crippen LogP contribution is -2.26. The second kappa shape index (κ2) is 7.59. The van der Waals surface area contributed by atoms with Gasteiger partial charge in [-0.3, -0.25) is 0 Å². The molecule has 0 saturated carbocycles. The van der Waals surface area contributed by atoms with E-state index >= 15 is 0 Å². The Morgan fingerprint density at radius 1 is 1.15 bits per heavy atom. The Morgan fingerprint density at radius 3 is 2.27 bits per heavy atom. The summed E-state index contributed by atoms with van der Waals surface area (Å²) >= 11 is 6.51. The molecule has 3 aromatic rings. The highest BCUT2D eigenvalue weighted by molar-refractivity contribution is 6.34. The predicted octanol–water partition coefficient (Wildman–Crippen LogP) is 4.27. The molecular weight excluding hydrogens is 354 g/mol. The standard InChI is InChI=1S/C19H18ClN3O3/c1-13(24)12-16-17(20)18(23(21-16)15-10-6-3-7-11-15)22(19(25)26)14-8-4-2-5-9-14/h2-11,13,24H,12H2,1H3,(H,25,26)/t13-/m0/s1. The minimum Gasteiger partial charge on any atom is -0.464 e. The van der Waals surface area contributed by atoms with Crippen molar-refractivity contribution < 1.29 is 15.0 Å². The molecule has 26 heavy (non-hydrogen) atoms. The molecule has 1 amide bonds. The Bertz CT molecular complexity index is 895. The van der Waals surface area contributed by atoms with Crippen molar-refractivity contribution in [3.8, 4) is 5.69 Å². The first-order valence-corrected chi connectivity index (χ1v) is 8.46. The van der Waals surface area contributed by atoms with Crippen LogP contribution in [0.15, 0.2) is 60.7 Å². The molecular formula is C19H18ClN3O3. The first-order valence-electron chi connectivity index (χ1n) is 8.08.